The van der Waals surface area contributed by atoms with Crippen LogP contribution in [0, 0.1) is 11.3 Å². The standard InChI is InChI=1S/C50H69N17O11/c1-27(68)61-34(10-5-21-58-49(53)54)43(73)64-36-16-18-40(69)57-20-4-9-33(42(52)72)62-48(78)39(24-30-26-60-32-8-3-2-7-31(30)32)67-44(74)35(11-6-22-59-50(55)56)63-47(77)38(23-28-12-14-29(25-51)15-13-28)66-46(76)37(65-45(36)75)17-19-41(70)71/h2-3,7-8,12-15,26,33-39,60H,4-6,9-11,16-24H2,1H3,(H2,52,72)(H,57,69)(H,61,68)(H,62,78)(H,63,77)(H,64,73)(H,65,75)(H,66,76)(H,67,74)(H,70,71)(H4,53,54,58)(H4,55,56,59)/t33-,34-,35-,36-,37-,38+,39-/m0/s1. The quantitative estimate of drug-likeness (QED) is 0.0313. The average Bonchev–Trinajstić information content (AvgIpc) is 3.81. The Morgan fingerprint density at radius 1 is 0.744 bits per heavy atom. The van der Waals surface area contributed by atoms with Crippen molar-refractivity contribution in [1.29, 1.82) is 5.26 Å². The molecule has 0 saturated carbocycles. The van der Waals surface area contributed by atoms with Crippen LogP contribution in [-0.4, -0.2) is 143 Å². The summed E-state index contributed by atoms with van der Waals surface area (Å²) in [5.74, 6) is -9.71. The molecule has 1 aliphatic heterocycles. The number of carboxylic acids is 1. The molecule has 0 radical (unpaired) electrons. The molecule has 0 spiro atoms. The highest BCUT2D eigenvalue weighted by atomic mass is 16.4. The SMILES string of the molecule is CC(=O)N[C@@H](CCCN=C(N)N)C(=O)N[C@H]1CCC(=O)NCCC[C@@H](C(N)=O)NC(=O)[C@H](Cc2c[nH]c3ccccc23)NC(=O)[C@H](CCCN=C(N)N)NC(=O)[C@@H](Cc2ccc(C#N)cc2)NC(=O)[C@H](CCC(=O)O)NC1=O. The molecule has 1 aliphatic rings. The van der Waals surface area contributed by atoms with Crippen molar-refractivity contribution in [2.24, 2.45) is 38.7 Å². The lowest BCUT2D eigenvalue weighted by Crippen LogP contribution is -2.60. The van der Waals surface area contributed by atoms with Gasteiger partial charge in [0.05, 0.1) is 11.6 Å². The fourth-order valence-corrected chi connectivity index (χ4v) is 8.30. The van der Waals surface area contributed by atoms with Crippen molar-refractivity contribution in [1.82, 2.24) is 47.5 Å². The second kappa shape index (κ2) is 30.9. The van der Waals surface area contributed by atoms with Gasteiger partial charge < -0.3 is 81.3 Å². The minimum absolute atomic E-state index is 0.00683. The highest BCUT2D eigenvalue weighted by Crippen LogP contribution is 2.20. The summed E-state index contributed by atoms with van der Waals surface area (Å²) < 4.78 is 0. The molecule has 3 aromatic rings. The van der Waals surface area contributed by atoms with Crippen LogP contribution in [0.2, 0.25) is 0 Å². The third-order valence-corrected chi connectivity index (χ3v) is 12.3. The van der Waals surface area contributed by atoms with E-state index in [1.165, 1.54) is 24.3 Å². The Balaban J connectivity index is 1.81. The first-order valence-corrected chi connectivity index (χ1v) is 25.2. The number of aliphatic carboxylic acids is 1. The number of carbonyl (C=O) groups excluding carboxylic acids is 9. The number of primary amides is 1. The first kappa shape index (κ1) is 61.3. The van der Waals surface area contributed by atoms with Crippen LogP contribution in [-0.2, 0) is 60.8 Å². The Morgan fingerprint density at radius 2 is 1.33 bits per heavy atom. The zero-order valence-electron chi connectivity index (χ0n) is 43.1. The number of H-pyrrole nitrogens is 1. The predicted molar refractivity (Wildman–Crippen MR) is 283 cm³/mol. The minimum Gasteiger partial charge on any atom is -0.481 e. The van der Waals surface area contributed by atoms with Crippen LogP contribution in [0.5, 0.6) is 0 Å². The van der Waals surface area contributed by atoms with Gasteiger partial charge in [-0.25, -0.2) is 0 Å². The second-order valence-electron chi connectivity index (χ2n) is 18.5. The van der Waals surface area contributed by atoms with Crippen LogP contribution < -0.4 is 71.2 Å². The van der Waals surface area contributed by atoms with E-state index in [0.717, 1.165) is 17.8 Å². The molecule has 2 aromatic carbocycles. The number of nitrogens with one attached hydrogen (secondary N) is 9. The van der Waals surface area contributed by atoms with Gasteiger partial charge in [-0.2, -0.15) is 5.26 Å². The lowest BCUT2D eigenvalue weighted by Gasteiger charge is -2.28. The van der Waals surface area contributed by atoms with Crippen molar-refractivity contribution < 1.29 is 53.1 Å². The number of para-hydroxylation sites is 1. The number of aromatic amines is 1. The number of hydrogen-bond acceptors (Lipinski definition) is 13. The van der Waals surface area contributed by atoms with E-state index in [-0.39, 0.29) is 88.5 Å². The first-order valence-electron chi connectivity index (χ1n) is 25.2. The third kappa shape index (κ3) is 20.8. The second-order valence-corrected chi connectivity index (χ2v) is 18.5. The number of fused-ring (bicyclic) bond motifs is 1. The van der Waals surface area contributed by atoms with Crippen LogP contribution in [0.1, 0.15) is 87.8 Å². The van der Waals surface area contributed by atoms with E-state index in [9.17, 15) is 58.3 Å². The maximum Gasteiger partial charge on any atom is 0.303 e. The molecular weight excluding hydrogens is 1010 g/mol. The first-order chi connectivity index (χ1) is 37.1. The maximum atomic E-state index is 14.7. The van der Waals surface area contributed by atoms with Gasteiger partial charge >= 0.3 is 5.97 Å². The Morgan fingerprint density at radius 3 is 1.96 bits per heavy atom. The number of aromatic nitrogens is 1. The topological polar surface area (TPSA) is 482 Å². The number of hydrogen-bond donors (Lipinski definition) is 15. The van der Waals surface area contributed by atoms with Crippen molar-refractivity contribution in [3.05, 3.63) is 71.4 Å². The summed E-state index contributed by atoms with van der Waals surface area (Å²) in [6.45, 7) is 1.16. The zero-order valence-corrected chi connectivity index (χ0v) is 43.1. The highest BCUT2D eigenvalue weighted by molar-refractivity contribution is 5.98. The van der Waals surface area contributed by atoms with Crippen LogP contribution in [0.3, 0.4) is 0 Å². The Bertz CT molecular complexity index is 2730. The van der Waals surface area contributed by atoms with Gasteiger partial charge in [0.1, 0.15) is 42.3 Å². The van der Waals surface area contributed by atoms with Crippen molar-refractivity contribution in [3.63, 3.8) is 0 Å². The lowest BCUT2D eigenvalue weighted by atomic mass is 10.0. The number of aliphatic imine (C=N–C) groups is 2. The highest BCUT2D eigenvalue weighted by Gasteiger charge is 2.35. The van der Waals surface area contributed by atoms with Crippen LogP contribution in [0.25, 0.3) is 10.9 Å². The molecule has 28 heteroatoms. The lowest BCUT2D eigenvalue weighted by molar-refractivity contribution is -0.139. The molecule has 0 bridgehead atoms. The van der Waals surface area contributed by atoms with Crippen LogP contribution in [0.4, 0.5) is 0 Å². The van der Waals surface area contributed by atoms with Gasteiger partial charge in [0.25, 0.3) is 0 Å². The van der Waals surface area contributed by atoms with E-state index in [0.29, 0.717) is 11.1 Å². The summed E-state index contributed by atoms with van der Waals surface area (Å²) >= 11 is 0. The molecule has 0 unspecified atom stereocenters. The Labute approximate surface area is 448 Å². The Hall–Kier alpha value is -9.29. The number of rotatable bonds is 19. The monoisotopic (exact) mass is 1080 g/mol. The fourth-order valence-electron chi connectivity index (χ4n) is 8.30. The minimum atomic E-state index is -1.72. The fraction of sp³-hybridized carbons (Fsp3) is 0.460. The van der Waals surface area contributed by atoms with E-state index in [4.69, 9.17) is 28.7 Å². The largest absolute Gasteiger partial charge is 0.481 e. The van der Waals surface area contributed by atoms with E-state index in [1.54, 1.807) is 30.5 Å². The zero-order chi connectivity index (χ0) is 57.3. The Kier molecular flexibility index (Phi) is 24.3. The van der Waals surface area contributed by atoms with Crippen molar-refractivity contribution in [2.75, 3.05) is 19.6 Å². The molecule has 0 aliphatic carbocycles. The molecule has 1 fully saturated rings. The summed E-state index contributed by atoms with van der Waals surface area (Å²) in [5.41, 5.74) is 29.7. The van der Waals surface area contributed by atoms with Crippen molar-refractivity contribution >= 4 is 82.0 Å². The van der Waals surface area contributed by atoms with Gasteiger partial charge in [-0.1, -0.05) is 30.3 Å². The summed E-state index contributed by atoms with van der Waals surface area (Å²) in [6, 6.07) is 4.75. The molecule has 7 atom stereocenters. The van der Waals surface area contributed by atoms with E-state index in [1.807, 2.05) is 6.07 Å². The van der Waals surface area contributed by atoms with E-state index < -0.39 is 127 Å². The molecular formula is C50H69N17O11. The van der Waals surface area contributed by atoms with Gasteiger partial charge in [-0.15, -0.1) is 0 Å². The molecule has 9 amide bonds. The summed E-state index contributed by atoms with van der Waals surface area (Å²) in [6.07, 6.45) is -0.753. The average molecular weight is 1080 g/mol. The van der Waals surface area contributed by atoms with Crippen molar-refractivity contribution in [2.45, 2.75) is 126 Å². The number of carboxylic acid groups (broad SMARTS) is 1. The molecule has 420 valence electrons. The molecule has 78 heavy (non-hydrogen) atoms. The van der Waals surface area contributed by atoms with Gasteiger partial charge in [-0.3, -0.25) is 57.9 Å². The molecule has 1 saturated heterocycles. The molecule has 20 N–H and O–H groups in total. The summed E-state index contributed by atoms with van der Waals surface area (Å²) in [4.78, 5) is 147. The van der Waals surface area contributed by atoms with Gasteiger partial charge in [0.2, 0.25) is 53.2 Å². The normalized spacial score (nSPS) is 20.6. The maximum absolute atomic E-state index is 14.7. The van der Waals surface area contributed by atoms with E-state index in [2.05, 4.69) is 57.5 Å². The van der Waals surface area contributed by atoms with Crippen LogP contribution >= 0.6 is 0 Å². The molecule has 1 aromatic heterocycles. The van der Waals surface area contributed by atoms with Gasteiger partial charge in [-0.05, 0) is 80.7 Å². The number of carbonyl (C=O) groups is 10. The van der Waals surface area contributed by atoms with Gasteiger partial charge in [0.15, 0.2) is 11.9 Å². The smallest absolute Gasteiger partial charge is 0.303 e. The van der Waals surface area contributed by atoms with Gasteiger partial charge in [0, 0.05) is 69.3 Å². The molecule has 2 heterocycles. The number of nitrogens with two attached hydrogens (primary N) is 5. The number of guanidine groups is 2. The summed E-state index contributed by atoms with van der Waals surface area (Å²) in [5, 5.41) is 40.6. The summed E-state index contributed by atoms with van der Waals surface area (Å²) in [7, 11) is 0. The molecule has 28 nitrogen and oxygen atoms in total. The number of nitrogens with zero attached hydrogens (tertiary/aromatic N) is 3. The number of amides is 9. The van der Waals surface area contributed by atoms with Crippen LogP contribution in [0.15, 0.2) is 64.7 Å². The predicted octanol–water partition coefficient (Wildman–Crippen LogP) is -3.61. The molecule has 4 rings (SSSR count). The third-order valence-electron chi connectivity index (χ3n) is 12.3. The number of benzene rings is 2. The number of nitriles is 1. The van der Waals surface area contributed by atoms with E-state index >= 15 is 0 Å². The van der Waals surface area contributed by atoms with Crippen molar-refractivity contribution in [3.8, 4) is 6.07 Å².